The van der Waals surface area contributed by atoms with Gasteiger partial charge in [-0.15, -0.1) is 0 Å². The molecule has 0 atom stereocenters. The van der Waals surface area contributed by atoms with Crippen molar-refractivity contribution in [3.8, 4) is 67.3 Å². The molecule has 10 aromatic rings. The summed E-state index contributed by atoms with van der Waals surface area (Å²) in [6.45, 7) is 4.72. The standard InChI is InChI=1S/C55H38N2/c1-55(2)50-30-25-39(32-48(50)49-31-37-19-9-10-20-38(37)33-51(49)55)40-26-27-45(42-22-12-11-21-41(40)42)46-28-29-47(44-24-14-13-23-43(44)46)54-56-52(35-15-5-3-6-16-35)34-53(57-54)36-17-7-4-8-18-36/h3-34H,1-2H3. The summed E-state index contributed by atoms with van der Waals surface area (Å²) in [7, 11) is 0. The number of rotatable bonds is 5. The lowest BCUT2D eigenvalue weighted by molar-refractivity contribution is 0.661. The molecule has 0 saturated carbocycles. The SMILES string of the molecule is CC1(C)c2ccc(-c3ccc(-c4ccc(-c5nc(-c6ccccc6)cc(-c6ccccc6)n5)c5ccccc45)c4ccccc34)cc2-c2cc3ccccc3cc21. The molecule has 0 saturated heterocycles. The van der Waals surface area contributed by atoms with Crippen molar-refractivity contribution < 1.29 is 0 Å². The van der Waals surface area contributed by atoms with Gasteiger partial charge in [0.25, 0.3) is 0 Å². The van der Waals surface area contributed by atoms with Crippen molar-refractivity contribution in [3.63, 3.8) is 0 Å². The van der Waals surface area contributed by atoms with Crippen molar-refractivity contribution in [2.75, 3.05) is 0 Å². The second kappa shape index (κ2) is 13.0. The Labute approximate surface area is 332 Å². The Morgan fingerprint density at radius 1 is 0.316 bits per heavy atom. The largest absolute Gasteiger partial charge is 0.228 e. The van der Waals surface area contributed by atoms with Gasteiger partial charge < -0.3 is 0 Å². The Kier molecular flexibility index (Phi) is 7.55. The smallest absolute Gasteiger partial charge is 0.161 e. The van der Waals surface area contributed by atoms with Gasteiger partial charge in [-0.05, 0) is 107 Å². The van der Waals surface area contributed by atoms with Gasteiger partial charge in [-0.2, -0.15) is 0 Å². The van der Waals surface area contributed by atoms with Gasteiger partial charge in [0.2, 0.25) is 0 Å². The van der Waals surface area contributed by atoms with Crippen molar-refractivity contribution in [2.24, 2.45) is 0 Å². The Morgan fingerprint density at radius 2 is 0.772 bits per heavy atom. The predicted molar refractivity (Wildman–Crippen MR) is 239 cm³/mol. The second-order valence-electron chi connectivity index (χ2n) is 15.7. The normalized spacial score (nSPS) is 12.9. The van der Waals surface area contributed by atoms with Crippen LogP contribution in [0.3, 0.4) is 0 Å². The van der Waals surface area contributed by atoms with Crippen LogP contribution in [-0.2, 0) is 5.41 Å². The number of fused-ring (bicyclic) bond motifs is 6. The molecule has 268 valence electrons. The molecule has 0 N–H and O–H groups in total. The Morgan fingerprint density at radius 3 is 1.37 bits per heavy atom. The Bertz CT molecular complexity index is 3140. The van der Waals surface area contributed by atoms with E-state index in [1.54, 1.807) is 0 Å². The predicted octanol–water partition coefficient (Wildman–Crippen LogP) is 14.6. The second-order valence-corrected chi connectivity index (χ2v) is 15.7. The molecule has 2 nitrogen and oxygen atoms in total. The van der Waals surface area contributed by atoms with Gasteiger partial charge in [-0.3, -0.25) is 0 Å². The first-order valence-corrected chi connectivity index (χ1v) is 19.7. The third-order valence-corrected chi connectivity index (χ3v) is 12.1. The van der Waals surface area contributed by atoms with E-state index in [9.17, 15) is 0 Å². The molecule has 11 rings (SSSR count). The molecular weight excluding hydrogens is 689 g/mol. The third kappa shape index (κ3) is 5.40. The van der Waals surface area contributed by atoms with Gasteiger partial charge in [-0.1, -0.05) is 178 Å². The van der Waals surface area contributed by atoms with Crippen LogP contribution in [-0.4, -0.2) is 9.97 Å². The van der Waals surface area contributed by atoms with Crippen LogP contribution >= 0.6 is 0 Å². The maximum Gasteiger partial charge on any atom is 0.161 e. The summed E-state index contributed by atoms with van der Waals surface area (Å²) in [6.07, 6.45) is 0. The Balaban J connectivity index is 1.05. The highest BCUT2D eigenvalue weighted by molar-refractivity contribution is 6.12. The van der Waals surface area contributed by atoms with E-state index in [1.165, 1.54) is 71.4 Å². The van der Waals surface area contributed by atoms with Crippen molar-refractivity contribution in [1.29, 1.82) is 0 Å². The van der Waals surface area contributed by atoms with Crippen LogP contribution in [0.1, 0.15) is 25.0 Å². The zero-order valence-corrected chi connectivity index (χ0v) is 31.9. The molecule has 0 spiro atoms. The first kappa shape index (κ1) is 33.2. The number of hydrogen-bond acceptors (Lipinski definition) is 2. The lowest BCUT2D eigenvalue weighted by atomic mass is 9.81. The van der Waals surface area contributed by atoms with Crippen molar-refractivity contribution in [2.45, 2.75) is 19.3 Å². The highest BCUT2D eigenvalue weighted by Crippen LogP contribution is 2.51. The van der Waals surface area contributed by atoms with Crippen LogP contribution in [0.25, 0.3) is 99.6 Å². The van der Waals surface area contributed by atoms with Crippen LogP contribution in [0, 0.1) is 0 Å². The fourth-order valence-corrected chi connectivity index (χ4v) is 9.20. The average Bonchev–Trinajstić information content (AvgIpc) is 3.49. The summed E-state index contributed by atoms with van der Waals surface area (Å²) in [5, 5.41) is 7.35. The van der Waals surface area contributed by atoms with E-state index in [0.717, 1.165) is 33.5 Å². The van der Waals surface area contributed by atoms with Crippen LogP contribution in [0.5, 0.6) is 0 Å². The number of hydrogen-bond donors (Lipinski definition) is 0. The molecule has 0 amide bonds. The molecule has 0 fully saturated rings. The van der Waals surface area contributed by atoms with E-state index in [-0.39, 0.29) is 5.41 Å². The lowest BCUT2D eigenvalue weighted by Crippen LogP contribution is -2.14. The molecule has 1 heterocycles. The molecule has 0 unspecified atom stereocenters. The van der Waals surface area contributed by atoms with Crippen LogP contribution in [0.2, 0.25) is 0 Å². The first-order chi connectivity index (χ1) is 28.0. The quantitative estimate of drug-likeness (QED) is 0.176. The number of benzene rings is 9. The van der Waals surface area contributed by atoms with Gasteiger partial charge in [0, 0.05) is 22.1 Å². The highest BCUT2D eigenvalue weighted by atomic mass is 14.9. The number of nitrogens with zero attached hydrogens (tertiary/aromatic N) is 2. The van der Waals surface area contributed by atoms with Gasteiger partial charge in [0.1, 0.15) is 0 Å². The van der Waals surface area contributed by atoms with E-state index in [1.807, 2.05) is 12.1 Å². The van der Waals surface area contributed by atoms with Crippen LogP contribution < -0.4 is 0 Å². The van der Waals surface area contributed by atoms with Gasteiger partial charge in [-0.25, -0.2) is 9.97 Å². The fourth-order valence-electron chi connectivity index (χ4n) is 9.20. The zero-order valence-electron chi connectivity index (χ0n) is 31.9. The molecule has 1 aliphatic rings. The molecular formula is C55H38N2. The average molecular weight is 727 g/mol. The molecule has 0 aliphatic heterocycles. The summed E-state index contributed by atoms with van der Waals surface area (Å²) in [5.74, 6) is 0.715. The molecule has 57 heavy (non-hydrogen) atoms. The topological polar surface area (TPSA) is 25.8 Å². The molecule has 9 aromatic carbocycles. The molecule has 1 aromatic heterocycles. The summed E-state index contributed by atoms with van der Waals surface area (Å²) < 4.78 is 0. The van der Waals surface area contributed by atoms with E-state index >= 15 is 0 Å². The van der Waals surface area contributed by atoms with Gasteiger partial charge in [0.15, 0.2) is 5.82 Å². The highest BCUT2D eigenvalue weighted by Gasteiger charge is 2.36. The summed E-state index contributed by atoms with van der Waals surface area (Å²) in [6, 6.07) is 70.2. The first-order valence-electron chi connectivity index (χ1n) is 19.7. The third-order valence-electron chi connectivity index (χ3n) is 12.1. The maximum absolute atomic E-state index is 5.20. The molecule has 0 bridgehead atoms. The molecule has 2 heteroatoms. The monoisotopic (exact) mass is 726 g/mol. The summed E-state index contributed by atoms with van der Waals surface area (Å²) in [4.78, 5) is 10.4. The van der Waals surface area contributed by atoms with Crippen molar-refractivity contribution in [3.05, 3.63) is 205 Å². The van der Waals surface area contributed by atoms with Gasteiger partial charge in [0.05, 0.1) is 11.4 Å². The lowest BCUT2D eigenvalue weighted by Gasteiger charge is -2.22. The fraction of sp³-hybridized carbons (Fsp3) is 0.0545. The van der Waals surface area contributed by atoms with Crippen molar-refractivity contribution in [1.82, 2.24) is 9.97 Å². The van der Waals surface area contributed by atoms with Crippen LogP contribution in [0.15, 0.2) is 194 Å². The minimum absolute atomic E-state index is 0.0661. The Hall–Kier alpha value is -7.16. The summed E-state index contributed by atoms with van der Waals surface area (Å²) in [5.41, 5.74) is 15.2. The van der Waals surface area contributed by atoms with Crippen LogP contribution in [0.4, 0.5) is 0 Å². The minimum Gasteiger partial charge on any atom is -0.228 e. The zero-order chi connectivity index (χ0) is 38.1. The number of aromatic nitrogens is 2. The van der Waals surface area contributed by atoms with Gasteiger partial charge >= 0.3 is 0 Å². The molecule has 1 aliphatic carbocycles. The van der Waals surface area contributed by atoms with E-state index < -0.39 is 0 Å². The minimum atomic E-state index is -0.0661. The summed E-state index contributed by atoms with van der Waals surface area (Å²) >= 11 is 0. The van der Waals surface area contributed by atoms with E-state index in [4.69, 9.17) is 9.97 Å². The van der Waals surface area contributed by atoms with Crippen molar-refractivity contribution >= 4 is 32.3 Å². The van der Waals surface area contributed by atoms with E-state index in [2.05, 4.69) is 196 Å². The van der Waals surface area contributed by atoms with E-state index in [0.29, 0.717) is 5.82 Å². The maximum atomic E-state index is 5.20. The molecule has 0 radical (unpaired) electrons.